The quantitative estimate of drug-likeness (QED) is 0.500. The molecule has 10 nitrogen and oxygen atoms in total. The summed E-state index contributed by atoms with van der Waals surface area (Å²) in [4.78, 5) is 45.4. The van der Waals surface area contributed by atoms with Crippen LogP contribution in [0.25, 0.3) is 28.2 Å². The van der Waals surface area contributed by atoms with Crippen molar-refractivity contribution in [3.63, 3.8) is 0 Å². The minimum Gasteiger partial charge on any atom is -0.495 e. The Morgan fingerprint density at radius 1 is 1.03 bits per heavy atom. The number of imidazole rings is 1. The molecule has 2 N–H and O–H groups in total. The maximum absolute atomic E-state index is 13.0. The topological polar surface area (TPSA) is 131 Å². The maximum atomic E-state index is 13.0. The summed E-state index contributed by atoms with van der Waals surface area (Å²) >= 11 is 0. The van der Waals surface area contributed by atoms with Crippen molar-refractivity contribution in [2.45, 2.75) is 0 Å². The molecule has 10 heteroatoms. The largest absolute Gasteiger partial charge is 0.495 e. The number of amides is 1. The van der Waals surface area contributed by atoms with Gasteiger partial charge in [0.15, 0.2) is 11.5 Å². The lowest BCUT2D eigenvalue weighted by atomic mass is 10.1. The Hall–Kier alpha value is -4.47. The third kappa shape index (κ3) is 3.29. The highest BCUT2D eigenvalue weighted by atomic mass is 16.5. The molecule has 0 radical (unpaired) electrons. The highest BCUT2D eigenvalue weighted by Crippen LogP contribution is 2.26. The number of benzene rings is 2. The highest BCUT2D eigenvalue weighted by molar-refractivity contribution is 5.90. The summed E-state index contributed by atoms with van der Waals surface area (Å²) in [6.07, 6.45) is 1.35. The van der Waals surface area contributed by atoms with Crippen LogP contribution >= 0.6 is 0 Å². The van der Waals surface area contributed by atoms with Crippen molar-refractivity contribution in [3.8, 4) is 22.8 Å². The monoisotopic (exact) mass is 419 g/mol. The number of para-hydroxylation sites is 2. The van der Waals surface area contributed by atoms with Crippen LogP contribution in [0.2, 0.25) is 0 Å². The lowest BCUT2D eigenvalue weighted by Gasteiger charge is -2.09. The smallest absolute Gasteiger partial charge is 0.343 e. The standard InChI is InChI=1S/C21H17N5O5/c1-30-16-6-4-3-5-14(16)25-18-15(26(20(22)28)21(25)29)11-23-17(24-18)12-7-9-13(10-8-12)19(27)31-2/h3-11H,1-2H3,(H2,22,28). The first-order chi connectivity index (χ1) is 15.0. The molecule has 2 aromatic carbocycles. The molecule has 2 aromatic heterocycles. The van der Waals surface area contributed by atoms with Crippen LogP contribution in [-0.2, 0) is 4.74 Å². The fraction of sp³-hybridized carbons (Fsp3) is 0.0952. The van der Waals surface area contributed by atoms with Gasteiger partial charge in [0.25, 0.3) is 0 Å². The number of nitrogens with zero attached hydrogens (tertiary/aromatic N) is 4. The van der Waals surface area contributed by atoms with E-state index in [1.165, 1.54) is 25.0 Å². The van der Waals surface area contributed by atoms with Gasteiger partial charge in [0.2, 0.25) is 0 Å². The van der Waals surface area contributed by atoms with Gasteiger partial charge in [-0.3, -0.25) is 0 Å². The number of aromatic nitrogens is 4. The number of carbonyl (C=O) groups is 2. The average molecular weight is 419 g/mol. The van der Waals surface area contributed by atoms with Gasteiger partial charge in [-0.1, -0.05) is 24.3 Å². The van der Waals surface area contributed by atoms with Crippen molar-refractivity contribution in [2.24, 2.45) is 5.73 Å². The van der Waals surface area contributed by atoms with Gasteiger partial charge in [0, 0.05) is 5.56 Å². The van der Waals surface area contributed by atoms with E-state index in [4.69, 9.17) is 15.2 Å². The molecule has 0 atom stereocenters. The zero-order chi connectivity index (χ0) is 22.1. The van der Waals surface area contributed by atoms with E-state index in [9.17, 15) is 14.4 Å². The number of nitrogens with two attached hydrogens (primary N) is 1. The van der Waals surface area contributed by atoms with Crippen LogP contribution in [0.1, 0.15) is 10.4 Å². The first kappa shape index (κ1) is 19.8. The van der Waals surface area contributed by atoms with Crippen LogP contribution in [0.15, 0.2) is 59.5 Å². The molecule has 0 spiro atoms. The van der Waals surface area contributed by atoms with E-state index in [-0.39, 0.29) is 17.0 Å². The number of esters is 1. The van der Waals surface area contributed by atoms with Gasteiger partial charge in [0.05, 0.1) is 31.7 Å². The Morgan fingerprint density at radius 2 is 1.74 bits per heavy atom. The van der Waals surface area contributed by atoms with Crippen LogP contribution < -0.4 is 16.2 Å². The summed E-state index contributed by atoms with van der Waals surface area (Å²) < 4.78 is 12.1. The minimum absolute atomic E-state index is 0.151. The zero-order valence-electron chi connectivity index (χ0n) is 16.6. The van der Waals surface area contributed by atoms with Crippen molar-refractivity contribution in [2.75, 3.05) is 14.2 Å². The molecule has 1 amide bonds. The van der Waals surface area contributed by atoms with Crippen molar-refractivity contribution in [1.82, 2.24) is 19.1 Å². The second-order valence-electron chi connectivity index (χ2n) is 6.43. The van der Waals surface area contributed by atoms with E-state index < -0.39 is 17.7 Å². The predicted octanol–water partition coefficient (Wildman–Crippen LogP) is 1.97. The number of primary amides is 1. The molecule has 31 heavy (non-hydrogen) atoms. The Labute approximate surface area is 175 Å². The third-order valence-electron chi connectivity index (χ3n) is 4.70. The first-order valence-corrected chi connectivity index (χ1v) is 9.08. The summed E-state index contributed by atoms with van der Waals surface area (Å²) in [6, 6.07) is 12.3. The predicted molar refractivity (Wildman–Crippen MR) is 111 cm³/mol. The number of carbonyl (C=O) groups excluding carboxylic acids is 2. The first-order valence-electron chi connectivity index (χ1n) is 9.08. The van der Waals surface area contributed by atoms with Crippen molar-refractivity contribution >= 4 is 23.2 Å². The molecule has 0 aliphatic heterocycles. The number of hydrogen-bond acceptors (Lipinski definition) is 7. The van der Waals surface area contributed by atoms with Gasteiger partial charge >= 0.3 is 17.7 Å². The van der Waals surface area contributed by atoms with Crippen LogP contribution in [-0.4, -0.2) is 45.3 Å². The molecule has 4 rings (SSSR count). The number of rotatable bonds is 4. The fourth-order valence-corrected chi connectivity index (χ4v) is 3.24. The molecule has 0 saturated carbocycles. The Bertz CT molecular complexity index is 1370. The summed E-state index contributed by atoms with van der Waals surface area (Å²) in [5, 5.41) is 0. The molecule has 2 heterocycles. The normalized spacial score (nSPS) is 10.8. The van der Waals surface area contributed by atoms with Crippen LogP contribution in [0.5, 0.6) is 5.75 Å². The van der Waals surface area contributed by atoms with Gasteiger partial charge in [-0.15, -0.1) is 0 Å². The third-order valence-corrected chi connectivity index (χ3v) is 4.70. The number of fused-ring (bicyclic) bond motifs is 1. The number of methoxy groups -OCH3 is 2. The number of ether oxygens (including phenoxy) is 2. The van der Waals surface area contributed by atoms with E-state index in [1.807, 2.05) is 0 Å². The average Bonchev–Trinajstić information content (AvgIpc) is 3.09. The van der Waals surface area contributed by atoms with E-state index in [0.29, 0.717) is 22.6 Å². The van der Waals surface area contributed by atoms with E-state index >= 15 is 0 Å². The Morgan fingerprint density at radius 3 is 2.39 bits per heavy atom. The lowest BCUT2D eigenvalue weighted by Crippen LogP contribution is -2.32. The fourth-order valence-electron chi connectivity index (χ4n) is 3.24. The zero-order valence-corrected chi connectivity index (χ0v) is 16.6. The highest BCUT2D eigenvalue weighted by Gasteiger charge is 2.22. The molecule has 0 aliphatic carbocycles. The van der Waals surface area contributed by atoms with Crippen molar-refractivity contribution in [1.29, 1.82) is 0 Å². The summed E-state index contributed by atoms with van der Waals surface area (Å²) in [6.45, 7) is 0. The van der Waals surface area contributed by atoms with Gasteiger partial charge in [-0.05, 0) is 24.3 Å². The van der Waals surface area contributed by atoms with Gasteiger partial charge in [0.1, 0.15) is 11.3 Å². The van der Waals surface area contributed by atoms with Crippen molar-refractivity contribution < 1.29 is 19.1 Å². The molecule has 0 fully saturated rings. The molecule has 156 valence electrons. The van der Waals surface area contributed by atoms with E-state index in [1.54, 1.807) is 48.5 Å². The molecule has 4 aromatic rings. The van der Waals surface area contributed by atoms with Crippen LogP contribution in [0, 0.1) is 0 Å². The molecular weight excluding hydrogens is 402 g/mol. The van der Waals surface area contributed by atoms with Crippen molar-refractivity contribution in [3.05, 3.63) is 70.8 Å². The van der Waals surface area contributed by atoms with Gasteiger partial charge < -0.3 is 15.2 Å². The molecule has 0 aliphatic rings. The van der Waals surface area contributed by atoms with Gasteiger partial charge in [-0.2, -0.15) is 0 Å². The van der Waals surface area contributed by atoms with Gasteiger partial charge in [-0.25, -0.2) is 33.5 Å². The summed E-state index contributed by atoms with van der Waals surface area (Å²) in [5.41, 5.74) is 6.43. The second-order valence-corrected chi connectivity index (χ2v) is 6.43. The van der Waals surface area contributed by atoms with E-state index in [0.717, 1.165) is 4.57 Å². The second kappa shape index (κ2) is 7.75. The Kier molecular flexibility index (Phi) is 4.96. The van der Waals surface area contributed by atoms with Crippen LogP contribution in [0.3, 0.4) is 0 Å². The molecular formula is C21H17N5O5. The molecule has 0 saturated heterocycles. The maximum Gasteiger partial charge on any atom is 0.343 e. The lowest BCUT2D eigenvalue weighted by molar-refractivity contribution is 0.0600. The number of hydrogen-bond donors (Lipinski definition) is 1. The Balaban J connectivity index is 1.96. The van der Waals surface area contributed by atoms with Crippen LogP contribution in [0.4, 0.5) is 4.79 Å². The minimum atomic E-state index is -0.956. The summed E-state index contributed by atoms with van der Waals surface area (Å²) in [7, 11) is 2.77. The summed E-state index contributed by atoms with van der Waals surface area (Å²) in [5.74, 6) is 0.233. The molecule has 0 bridgehead atoms. The SMILES string of the molecule is COC(=O)c1ccc(-c2ncc3c(n2)n(-c2ccccc2OC)c(=O)n3C(N)=O)cc1. The molecule has 0 unspecified atom stereocenters. The van der Waals surface area contributed by atoms with E-state index in [2.05, 4.69) is 9.97 Å².